The molecule has 1 amide bonds. The molecule has 21 heavy (non-hydrogen) atoms. The first-order valence-corrected chi connectivity index (χ1v) is 6.85. The highest BCUT2D eigenvalue weighted by Crippen LogP contribution is 2.11. The molecule has 0 aliphatic carbocycles. The van der Waals surface area contributed by atoms with Crippen molar-refractivity contribution < 1.29 is 9.53 Å². The molecule has 2 aromatic rings. The summed E-state index contributed by atoms with van der Waals surface area (Å²) >= 11 is 0. The fraction of sp³-hybridized carbons (Fsp3) is 0.250. The SMILES string of the molecule is NCc1ccc(OCC(=O)NCCc2ccncc2)cc1. The highest BCUT2D eigenvalue weighted by Gasteiger charge is 2.02. The monoisotopic (exact) mass is 285 g/mol. The summed E-state index contributed by atoms with van der Waals surface area (Å²) in [6, 6.07) is 11.3. The van der Waals surface area contributed by atoms with Crippen molar-refractivity contribution in [2.45, 2.75) is 13.0 Å². The van der Waals surface area contributed by atoms with Gasteiger partial charge in [-0.1, -0.05) is 12.1 Å². The number of carbonyl (C=O) groups excluding carboxylic acids is 1. The molecular formula is C16H19N3O2. The van der Waals surface area contributed by atoms with Gasteiger partial charge in [0.15, 0.2) is 6.61 Å². The molecule has 0 saturated carbocycles. The van der Waals surface area contributed by atoms with E-state index in [1.165, 1.54) is 0 Å². The van der Waals surface area contributed by atoms with E-state index in [0.29, 0.717) is 18.8 Å². The van der Waals surface area contributed by atoms with Crippen LogP contribution in [0.1, 0.15) is 11.1 Å². The Balaban J connectivity index is 1.67. The third-order valence-electron chi connectivity index (χ3n) is 3.01. The fourth-order valence-electron chi connectivity index (χ4n) is 1.82. The Labute approximate surface area is 124 Å². The van der Waals surface area contributed by atoms with Gasteiger partial charge in [0.25, 0.3) is 5.91 Å². The molecule has 5 heteroatoms. The molecule has 0 unspecified atom stereocenters. The van der Waals surface area contributed by atoms with Gasteiger partial charge in [-0.2, -0.15) is 0 Å². The second-order valence-corrected chi connectivity index (χ2v) is 4.59. The molecule has 5 nitrogen and oxygen atoms in total. The first-order valence-electron chi connectivity index (χ1n) is 6.85. The summed E-state index contributed by atoms with van der Waals surface area (Å²) in [5.74, 6) is 0.531. The molecule has 1 aromatic carbocycles. The van der Waals surface area contributed by atoms with E-state index in [9.17, 15) is 4.79 Å². The maximum absolute atomic E-state index is 11.7. The summed E-state index contributed by atoms with van der Waals surface area (Å²) in [6.07, 6.45) is 4.26. The lowest BCUT2D eigenvalue weighted by molar-refractivity contribution is -0.123. The van der Waals surface area contributed by atoms with Crippen molar-refractivity contribution in [3.05, 3.63) is 59.9 Å². The quantitative estimate of drug-likeness (QED) is 0.803. The number of carbonyl (C=O) groups is 1. The normalized spacial score (nSPS) is 10.1. The Hall–Kier alpha value is -2.40. The van der Waals surface area contributed by atoms with Crippen LogP contribution in [0.15, 0.2) is 48.8 Å². The first-order chi connectivity index (χ1) is 10.3. The number of nitrogens with two attached hydrogens (primary N) is 1. The van der Waals surface area contributed by atoms with E-state index in [2.05, 4.69) is 10.3 Å². The molecular weight excluding hydrogens is 266 g/mol. The van der Waals surface area contributed by atoms with Crippen LogP contribution in [0.5, 0.6) is 5.75 Å². The van der Waals surface area contributed by atoms with Crippen molar-refractivity contribution in [3.63, 3.8) is 0 Å². The minimum absolute atomic E-state index is 0.0122. The number of hydrogen-bond donors (Lipinski definition) is 2. The predicted molar refractivity (Wildman–Crippen MR) is 80.8 cm³/mol. The van der Waals surface area contributed by atoms with Crippen LogP contribution in [0.25, 0.3) is 0 Å². The van der Waals surface area contributed by atoms with Gasteiger partial charge in [0, 0.05) is 25.5 Å². The Morgan fingerprint density at radius 3 is 2.48 bits per heavy atom. The molecule has 0 atom stereocenters. The maximum Gasteiger partial charge on any atom is 0.257 e. The van der Waals surface area contributed by atoms with E-state index in [-0.39, 0.29) is 12.5 Å². The van der Waals surface area contributed by atoms with E-state index >= 15 is 0 Å². The summed E-state index contributed by atoms with van der Waals surface area (Å²) in [6.45, 7) is 1.09. The number of benzene rings is 1. The highest BCUT2D eigenvalue weighted by atomic mass is 16.5. The van der Waals surface area contributed by atoms with Crippen molar-refractivity contribution in [1.29, 1.82) is 0 Å². The molecule has 3 N–H and O–H groups in total. The van der Waals surface area contributed by atoms with Crippen molar-refractivity contribution in [2.75, 3.05) is 13.2 Å². The van der Waals surface area contributed by atoms with Gasteiger partial charge in [0.2, 0.25) is 0 Å². The van der Waals surface area contributed by atoms with Crippen LogP contribution in [0.3, 0.4) is 0 Å². The van der Waals surface area contributed by atoms with E-state index in [1.807, 2.05) is 36.4 Å². The lowest BCUT2D eigenvalue weighted by atomic mass is 10.2. The molecule has 1 heterocycles. The van der Waals surface area contributed by atoms with Crippen LogP contribution in [-0.2, 0) is 17.8 Å². The molecule has 1 aromatic heterocycles. The van der Waals surface area contributed by atoms with Crippen molar-refractivity contribution in [1.82, 2.24) is 10.3 Å². The zero-order valence-electron chi connectivity index (χ0n) is 11.8. The zero-order chi connectivity index (χ0) is 14.9. The van der Waals surface area contributed by atoms with Crippen molar-refractivity contribution in [2.24, 2.45) is 5.73 Å². The second kappa shape index (κ2) is 8.01. The molecule has 2 rings (SSSR count). The van der Waals surface area contributed by atoms with E-state index in [1.54, 1.807) is 12.4 Å². The zero-order valence-corrected chi connectivity index (χ0v) is 11.8. The number of ether oxygens (including phenoxy) is 1. The molecule has 0 radical (unpaired) electrons. The molecule has 0 aliphatic rings. The van der Waals surface area contributed by atoms with E-state index in [4.69, 9.17) is 10.5 Å². The lowest BCUT2D eigenvalue weighted by Crippen LogP contribution is -2.30. The van der Waals surface area contributed by atoms with Crippen LogP contribution in [0.4, 0.5) is 0 Å². The van der Waals surface area contributed by atoms with Crippen LogP contribution in [0.2, 0.25) is 0 Å². The fourth-order valence-corrected chi connectivity index (χ4v) is 1.82. The van der Waals surface area contributed by atoms with Gasteiger partial charge < -0.3 is 15.8 Å². The van der Waals surface area contributed by atoms with Crippen molar-refractivity contribution in [3.8, 4) is 5.75 Å². The number of pyridine rings is 1. The van der Waals surface area contributed by atoms with Gasteiger partial charge in [0.1, 0.15) is 5.75 Å². The summed E-state index contributed by atoms with van der Waals surface area (Å²) in [4.78, 5) is 15.6. The van der Waals surface area contributed by atoms with Crippen LogP contribution >= 0.6 is 0 Å². The molecule has 0 spiro atoms. The summed E-state index contributed by atoms with van der Waals surface area (Å²) in [5, 5.41) is 2.82. The Morgan fingerprint density at radius 1 is 1.10 bits per heavy atom. The standard InChI is InChI=1S/C16H19N3O2/c17-11-14-1-3-15(4-2-14)21-12-16(20)19-10-7-13-5-8-18-9-6-13/h1-6,8-9H,7,10-12,17H2,(H,19,20). The van der Waals surface area contributed by atoms with Crippen LogP contribution in [0, 0.1) is 0 Å². The summed E-state index contributed by atoms with van der Waals surface area (Å²) in [5.41, 5.74) is 7.69. The Kier molecular flexibility index (Phi) is 5.72. The van der Waals surface area contributed by atoms with Gasteiger partial charge in [0.05, 0.1) is 0 Å². The topological polar surface area (TPSA) is 77.2 Å². The molecule has 0 saturated heterocycles. The average molecular weight is 285 g/mol. The maximum atomic E-state index is 11.7. The molecule has 110 valence electrons. The predicted octanol–water partition coefficient (Wildman–Crippen LogP) is 1.28. The number of aromatic nitrogens is 1. The van der Waals surface area contributed by atoms with Gasteiger partial charge >= 0.3 is 0 Å². The smallest absolute Gasteiger partial charge is 0.257 e. The number of amides is 1. The first kappa shape index (κ1) is 15.0. The third-order valence-corrected chi connectivity index (χ3v) is 3.01. The van der Waals surface area contributed by atoms with E-state index in [0.717, 1.165) is 17.5 Å². The molecule has 0 fully saturated rings. The Bertz CT molecular complexity index is 555. The van der Waals surface area contributed by atoms with Gasteiger partial charge in [-0.15, -0.1) is 0 Å². The number of hydrogen-bond acceptors (Lipinski definition) is 4. The summed E-state index contributed by atoms with van der Waals surface area (Å²) < 4.78 is 5.41. The minimum atomic E-state index is -0.132. The number of nitrogens with zero attached hydrogens (tertiary/aromatic N) is 1. The van der Waals surface area contributed by atoms with Gasteiger partial charge in [-0.3, -0.25) is 9.78 Å². The van der Waals surface area contributed by atoms with E-state index < -0.39 is 0 Å². The molecule has 0 bridgehead atoms. The number of nitrogens with one attached hydrogen (secondary N) is 1. The average Bonchev–Trinajstić information content (AvgIpc) is 2.54. The van der Waals surface area contributed by atoms with Crippen molar-refractivity contribution >= 4 is 5.91 Å². The van der Waals surface area contributed by atoms with Crippen LogP contribution < -0.4 is 15.8 Å². The highest BCUT2D eigenvalue weighted by molar-refractivity contribution is 5.77. The minimum Gasteiger partial charge on any atom is -0.484 e. The number of rotatable bonds is 7. The Morgan fingerprint density at radius 2 is 1.81 bits per heavy atom. The summed E-state index contributed by atoms with van der Waals surface area (Å²) in [7, 11) is 0. The third kappa shape index (κ3) is 5.24. The largest absolute Gasteiger partial charge is 0.484 e. The second-order valence-electron chi connectivity index (χ2n) is 4.59. The van der Waals surface area contributed by atoms with Gasteiger partial charge in [-0.05, 0) is 41.8 Å². The lowest BCUT2D eigenvalue weighted by Gasteiger charge is -2.08. The van der Waals surface area contributed by atoms with Gasteiger partial charge in [-0.25, -0.2) is 0 Å². The molecule has 0 aliphatic heterocycles. The van der Waals surface area contributed by atoms with Crippen LogP contribution in [-0.4, -0.2) is 24.0 Å².